The molecule has 1 aliphatic carbocycles. The zero-order valence-electron chi connectivity index (χ0n) is 6.34. The number of aliphatic carboxylic acids is 1. The number of hydrogen-bond acceptors (Lipinski definition) is 1. The quantitative estimate of drug-likeness (QED) is 0.639. The van der Waals surface area contributed by atoms with Gasteiger partial charge in [-0.1, -0.05) is 13.3 Å². The number of hydrogen-bond donors (Lipinski definition) is 1. The molecule has 1 aliphatic rings. The van der Waals surface area contributed by atoms with E-state index in [0.29, 0.717) is 12.3 Å². The lowest BCUT2D eigenvalue weighted by molar-refractivity contribution is -0.138. The molecule has 0 spiro atoms. The zero-order valence-corrected chi connectivity index (χ0v) is 6.34. The fourth-order valence-corrected chi connectivity index (χ4v) is 1.76. The molecule has 2 heteroatoms. The summed E-state index contributed by atoms with van der Waals surface area (Å²) in [5.41, 5.74) is 0. The lowest BCUT2D eigenvalue weighted by atomic mass is 10.0. The molecule has 0 saturated heterocycles. The van der Waals surface area contributed by atoms with E-state index in [1.807, 2.05) is 0 Å². The second-order valence-electron chi connectivity index (χ2n) is 3.38. The van der Waals surface area contributed by atoms with Gasteiger partial charge in [0.1, 0.15) is 0 Å². The highest BCUT2D eigenvalue weighted by molar-refractivity contribution is 5.67. The van der Waals surface area contributed by atoms with Crippen LogP contribution in [0.1, 0.15) is 32.6 Å². The van der Waals surface area contributed by atoms with Gasteiger partial charge in [0.25, 0.3) is 0 Å². The van der Waals surface area contributed by atoms with Crippen LogP contribution in [0.5, 0.6) is 0 Å². The minimum atomic E-state index is -0.640. The SMILES string of the molecule is C[C@@H]1CC[C@H](CC(=O)O)C1. The first-order valence-corrected chi connectivity index (χ1v) is 3.90. The maximum atomic E-state index is 10.3. The number of carboxylic acids is 1. The van der Waals surface area contributed by atoms with Gasteiger partial charge in [-0.15, -0.1) is 0 Å². The Morgan fingerprint density at radius 1 is 1.60 bits per heavy atom. The van der Waals surface area contributed by atoms with E-state index in [0.717, 1.165) is 18.8 Å². The van der Waals surface area contributed by atoms with E-state index >= 15 is 0 Å². The number of carbonyl (C=O) groups is 1. The van der Waals surface area contributed by atoms with Gasteiger partial charge < -0.3 is 5.11 Å². The fraction of sp³-hybridized carbons (Fsp3) is 0.875. The second kappa shape index (κ2) is 3.04. The molecule has 1 N–H and O–H groups in total. The summed E-state index contributed by atoms with van der Waals surface area (Å²) in [6.07, 6.45) is 3.84. The summed E-state index contributed by atoms with van der Waals surface area (Å²) in [5.74, 6) is 0.580. The monoisotopic (exact) mass is 142 g/mol. The molecule has 0 aromatic rings. The average Bonchev–Trinajstić information content (AvgIpc) is 2.13. The molecule has 0 aliphatic heterocycles. The van der Waals surface area contributed by atoms with Crippen LogP contribution in [0.25, 0.3) is 0 Å². The molecule has 1 rings (SSSR count). The minimum absolute atomic E-state index is 0.379. The Labute approximate surface area is 61.2 Å². The van der Waals surface area contributed by atoms with Crippen molar-refractivity contribution in [2.45, 2.75) is 32.6 Å². The van der Waals surface area contributed by atoms with E-state index in [9.17, 15) is 4.79 Å². The molecule has 1 saturated carbocycles. The molecule has 0 bridgehead atoms. The maximum absolute atomic E-state index is 10.3. The molecule has 58 valence electrons. The van der Waals surface area contributed by atoms with E-state index < -0.39 is 5.97 Å². The molecule has 1 fully saturated rings. The third-order valence-corrected chi connectivity index (χ3v) is 2.27. The second-order valence-corrected chi connectivity index (χ2v) is 3.38. The summed E-state index contributed by atoms with van der Waals surface area (Å²) < 4.78 is 0. The Morgan fingerprint density at radius 2 is 2.30 bits per heavy atom. The lowest BCUT2D eigenvalue weighted by Gasteiger charge is -2.03. The molecular formula is C8H14O2. The fourth-order valence-electron chi connectivity index (χ4n) is 1.76. The molecule has 10 heavy (non-hydrogen) atoms. The minimum Gasteiger partial charge on any atom is -0.481 e. The van der Waals surface area contributed by atoms with E-state index in [4.69, 9.17) is 5.11 Å². The Balaban J connectivity index is 2.24. The van der Waals surface area contributed by atoms with Gasteiger partial charge in [0.05, 0.1) is 0 Å². The van der Waals surface area contributed by atoms with E-state index in [-0.39, 0.29) is 0 Å². The summed E-state index contributed by atoms with van der Waals surface area (Å²) in [4.78, 5) is 10.3. The average molecular weight is 142 g/mol. The highest BCUT2D eigenvalue weighted by Crippen LogP contribution is 2.32. The van der Waals surface area contributed by atoms with Gasteiger partial charge in [-0.25, -0.2) is 0 Å². The van der Waals surface area contributed by atoms with Crippen molar-refractivity contribution in [2.75, 3.05) is 0 Å². The Morgan fingerprint density at radius 3 is 2.70 bits per heavy atom. The highest BCUT2D eigenvalue weighted by atomic mass is 16.4. The molecule has 0 amide bonds. The standard InChI is InChI=1S/C8H14O2/c1-6-2-3-7(4-6)5-8(9)10/h6-7H,2-5H2,1H3,(H,9,10)/t6-,7+/m1/s1. The van der Waals surface area contributed by atoms with Gasteiger partial charge in [0.2, 0.25) is 0 Å². The maximum Gasteiger partial charge on any atom is 0.303 e. The van der Waals surface area contributed by atoms with E-state index in [2.05, 4.69) is 6.92 Å². The van der Waals surface area contributed by atoms with Gasteiger partial charge in [-0.2, -0.15) is 0 Å². The third-order valence-electron chi connectivity index (χ3n) is 2.27. The van der Waals surface area contributed by atoms with Crippen molar-refractivity contribution in [3.63, 3.8) is 0 Å². The van der Waals surface area contributed by atoms with Gasteiger partial charge in [0.15, 0.2) is 0 Å². The van der Waals surface area contributed by atoms with Crippen LogP contribution in [-0.2, 0) is 4.79 Å². The molecule has 0 aromatic heterocycles. The number of carboxylic acid groups (broad SMARTS) is 1. The Bertz CT molecular complexity index is 131. The van der Waals surface area contributed by atoms with Crippen LogP contribution in [0.3, 0.4) is 0 Å². The smallest absolute Gasteiger partial charge is 0.303 e. The topological polar surface area (TPSA) is 37.3 Å². The lowest BCUT2D eigenvalue weighted by Crippen LogP contribution is -2.03. The summed E-state index contributed by atoms with van der Waals surface area (Å²) in [6, 6.07) is 0. The summed E-state index contributed by atoms with van der Waals surface area (Å²) in [5, 5.41) is 8.46. The van der Waals surface area contributed by atoms with Crippen LogP contribution in [0.15, 0.2) is 0 Å². The van der Waals surface area contributed by atoms with Crippen LogP contribution >= 0.6 is 0 Å². The predicted octanol–water partition coefficient (Wildman–Crippen LogP) is 1.90. The van der Waals surface area contributed by atoms with Gasteiger partial charge >= 0.3 is 5.97 Å². The van der Waals surface area contributed by atoms with Crippen LogP contribution in [0.4, 0.5) is 0 Å². The van der Waals surface area contributed by atoms with Crippen molar-refractivity contribution in [2.24, 2.45) is 11.8 Å². The molecule has 0 unspecified atom stereocenters. The zero-order chi connectivity index (χ0) is 7.56. The third kappa shape index (κ3) is 2.01. The summed E-state index contributed by atoms with van der Waals surface area (Å²) >= 11 is 0. The predicted molar refractivity (Wildman–Crippen MR) is 38.8 cm³/mol. The number of rotatable bonds is 2. The van der Waals surface area contributed by atoms with Gasteiger partial charge in [0, 0.05) is 6.42 Å². The first-order chi connectivity index (χ1) is 4.68. The molecule has 0 aromatic carbocycles. The first kappa shape index (κ1) is 7.58. The molecular weight excluding hydrogens is 128 g/mol. The Hall–Kier alpha value is -0.530. The summed E-state index contributed by atoms with van der Waals surface area (Å²) in [6.45, 7) is 2.20. The van der Waals surface area contributed by atoms with Crippen LogP contribution < -0.4 is 0 Å². The van der Waals surface area contributed by atoms with E-state index in [1.165, 1.54) is 6.42 Å². The molecule has 0 radical (unpaired) electrons. The molecule has 0 heterocycles. The van der Waals surface area contributed by atoms with Crippen LogP contribution in [0, 0.1) is 11.8 Å². The Kier molecular flexibility index (Phi) is 2.30. The van der Waals surface area contributed by atoms with Crippen molar-refractivity contribution < 1.29 is 9.90 Å². The highest BCUT2D eigenvalue weighted by Gasteiger charge is 2.22. The summed E-state index contributed by atoms with van der Waals surface area (Å²) in [7, 11) is 0. The van der Waals surface area contributed by atoms with Crippen LogP contribution in [0.2, 0.25) is 0 Å². The van der Waals surface area contributed by atoms with Crippen molar-refractivity contribution >= 4 is 5.97 Å². The van der Waals surface area contributed by atoms with Crippen molar-refractivity contribution in [3.05, 3.63) is 0 Å². The van der Waals surface area contributed by atoms with Crippen molar-refractivity contribution in [3.8, 4) is 0 Å². The molecule has 2 nitrogen and oxygen atoms in total. The molecule has 2 atom stereocenters. The van der Waals surface area contributed by atoms with Gasteiger partial charge in [-0.05, 0) is 24.7 Å². The van der Waals surface area contributed by atoms with Gasteiger partial charge in [-0.3, -0.25) is 4.79 Å². The van der Waals surface area contributed by atoms with E-state index in [1.54, 1.807) is 0 Å². The van der Waals surface area contributed by atoms with Crippen LogP contribution in [-0.4, -0.2) is 11.1 Å². The first-order valence-electron chi connectivity index (χ1n) is 3.90. The van der Waals surface area contributed by atoms with Crippen molar-refractivity contribution in [1.82, 2.24) is 0 Å². The largest absolute Gasteiger partial charge is 0.481 e. The van der Waals surface area contributed by atoms with Crippen molar-refractivity contribution in [1.29, 1.82) is 0 Å². The normalized spacial score (nSPS) is 32.5.